The second-order valence-corrected chi connectivity index (χ2v) is 7.89. The number of thioether (sulfide) groups is 1. The zero-order valence-corrected chi connectivity index (χ0v) is 16.6. The molecule has 0 aliphatic carbocycles. The average molecular weight is 398 g/mol. The summed E-state index contributed by atoms with van der Waals surface area (Å²) in [6.45, 7) is 0. The van der Waals surface area contributed by atoms with Gasteiger partial charge in [0.1, 0.15) is 5.69 Å². The van der Waals surface area contributed by atoms with Gasteiger partial charge in [-0.05, 0) is 29.8 Å². The fourth-order valence-corrected chi connectivity index (χ4v) is 4.65. The van der Waals surface area contributed by atoms with Crippen molar-refractivity contribution in [1.82, 2.24) is 19.5 Å². The Morgan fingerprint density at radius 3 is 2.34 bits per heavy atom. The van der Waals surface area contributed by atoms with Crippen LogP contribution in [-0.4, -0.2) is 19.5 Å². The molecular weight excluding hydrogens is 380 g/mol. The van der Waals surface area contributed by atoms with Crippen molar-refractivity contribution in [3.8, 4) is 0 Å². The van der Waals surface area contributed by atoms with Gasteiger partial charge in [-0.15, -0.1) is 0 Å². The fourth-order valence-electron chi connectivity index (χ4n) is 3.47. The van der Waals surface area contributed by atoms with Crippen molar-refractivity contribution in [2.24, 2.45) is 7.05 Å². The van der Waals surface area contributed by atoms with E-state index < -0.39 is 0 Å². The van der Waals surface area contributed by atoms with Crippen LogP contribution in [0.5, 0.6) is 0 Å². The maximum absolute atomic E-state index is 12.9. The number of hydrogen-bond donors (Lipinski definition) is 1. The molecule has 2 heterocycles. The number of rotatable bonds is 4. The van der Waals surface area contributed by atoms with Crippen LogP contribution in [0.3, 0.4) is 0 Å². The van der Waals surface area contributed by atoms with E-state index in [0.717, 1.165) is 32.8 Å². The molecule has 5 nitrogen and oxygen atoms in total. The Morgan fingerprint density at radius 2 is 1.55 bits per heavy atom. The van der Waals surface area contributed by atoms with Gasteiger partial charge in [0.05, 0.1) is 27.3 Å². The number of hydrogen-bond acceptors (Lipinski definition) is 4. The van der Waals surface area contributed by atoms with Gasteiger partial charge in [-0.2, -0.15) is 0 Å². The van der Waals surface area contributed by atoms with Crippen molar-refractivity contribution < 1.29 is 0 Å². The van der Waals surface area contributed by atoms with Crippen LogP contribution >= 0.6 is 11.8 Å². The van der Waals surface area contributed by atoms with Crippen LogP contribution in [0.4, 0.5) is 0 Å². The Bertz CT molecular complexity index is 1370. The lowest BCUT2D eigenvalue weighted by atomic mass is 10.1. The van der Waals surface area contributed by atoms with Gasteiger partial charge in [-0.25, -0.2) is 9.97 Å². The van der Waals surface area contributed by atoms with E-state index in [1.54, 1.807) is 0 Å². The Balaban J connectivity index is 1.67. The van der Waals surface area contributed by atoms with Crippen molar-refractivity contribution in [3.63, 3.8) is 0 Å². The lowest BCUT2D eigenvalue weighted by molar-refractivity contribution is 0.810. The largest absolute Gasteiger partial charge is 0.322 e. The Hall–Kier alpha value is -3.38. The topological polar surface area (TPSA) is 63.6 Å². The first-order chi connectivity index (χ1) is 14.2. The van der Waals surface area contributed by atoms with Crippen molar-refractivity contribution >= 4 is 33.8 Å². The zero-order valence-electron chi connectivity index (χ0n) is 15.7. The lowest BCUT2D eigenvalue weighted by Gasteiger charge is -2.16. The van der Waals surface area contributed by atoms with Crippen LogP contribution in [0.2, 0.25) is 0 Å². The maximum Gasteiger partial charge on any atom is 0.271 e. The molecule has 0 saturated carbocycles. The summed E-state index contributed by atoms with van der Waals surface area (Å²) in [4.78, 5) is 25.4. The number of aromatic nitrogens is 4. The molecule has 1 N–H and O–H groups in total. The molecule has 3 aromatic carbocycles. The SMILES string of the molecule is Cn1c(SC(c2ccccc2)c2nc3ccccc3[nH]c2=O)nc2ccccc21. The predicted octanol–water partition coefficient (Wildman–Crippen LogP) is 4.69. The molecule has 0 saturated heterocycles. The van der Waals surface area contributed by atoms with Gasteiger partial charge in [0, 0.05) is 7.05 Å². The summed E-state index contributed by atoms with van der Waals surface area (Å²) < 4.78 is 2.06. The Morgan fingerprint density at radius 1 is 0.862 bits per heavy atom. The van der Waals surface area contributed by atoms with E-state index in [9.17, 15) is 4.79 Å². The maximum atomic E-state index is 12.9. The van der Waals surface area contributed by atoms with Gasteiger partial charge in [0.2, 0.25) is 0 Å². The molecule has 0 amide bonds. The minimum Gasteiger partial charge on any atom is -0.322 e. The first kappa shape index (κ1) is 17.7. The molecule has 0 radical (unpaired) electrons. The third kappa shape index (κ3) is 3.21. The predicted molar refractivity (Wildman–Crippen MR) is 117 cm³/mol. The van der Waals surface area contributed by atoms with Crippen LogP contribution in [0.25, 0.3) is 22.1 Å². The first-order valence-corrected chi connectivity index (χ1v) is 10.2. The van der Waals surface area contributed by atoms with Gasteiger partial charge in [-0.1, -0.05) is 66.4 Å². The molecule has 142 valence electrons. The standard InChI is InChI=1S/C23H18N4OS/c1-27-19-14-8-7-13-18(19)26-23(27)29-21(15-9-3-2-4-10-15)20-22(28)25-17-12-6-5-11-16(17)24-20/h2-14,21H,1H3,(H,25,28). The van der Waals surface area contributed by atoms with Crippen molar-refractivity contribution in [2.75, 3.05) is 0 Å². The Labute approximate surface area is 171 Å². The lowest BCUT2D eigenvalue weighted by Crippen LogP contribution is -2.18. The average Bonchev–Trinajstić information content (AvgIpc) is 3.08. The van der Waals surface area contributed by atoms with Crippen LogP contribution in [-0.2, 0) is 7.05 Å². The van der Waals surface area contributed by atoms with Crippen molar-refractivity contribution in [3.05, 3.63) is 100 Å². The highest BCUT2D eigenvalue weighted by Crippen LogP contribution is 2.39. The molecular formula is C23H18N4OS. The smallest absolute Gasteiger partial charge is 0.271 e. The van der Waals surface area contributed by atoms with Crippen molar-refractivity contribution in [1.29, 1.82) is 0 Å². The number of fused-ring (bicyclic) bond motifs is 2. The molecule has 29 heavy (non-hydrogen) atoms. The van der Waals surface area contributed by atoms with Gasteiger partial charge in [-0.3, -0.25) is 4.79 Å². The van der Waals surface area contributed by atoms with E-state index in [1.165, 1.54) is 11.8 Å². The molecule has 0 aliphatic heterocycles. The molecule has 0 bridgehead atoms. The summed E-state index contributed by atoms with van der Waals surface area (Å²) >= 11 is 1.54. The van der Waals surface area contributed by atoms with E-state index in [0.29, 0.717) is 5.69 Å². The zero-order chi connectivity index (χ0) is 19.8. The fraction of sp³-hybridized carbons (Fsp3) is 0.0870. The molecule has 0 fully saturated rings. The van der Waals surface area contributed by atoms with Crippen LogP contribution in [0.15, 0.2) is 88.8 Å². The highest BCUT2D eigenvalue weighted by Gasteiger charge is 2.24. The summed E-state index contributed by atoms with van der Waals surface area (Å²) in [6.07, 6.45) is 0. The second-order valence-electron chi connectivity index (χ2n) is 6.82. The summed E-state index contributed by atoms with van der Waals surface area (Å²) in [7, 11) is 2.00. The third-order valence-corrected chi connectivity index (χ3v) is 6.25. The second kappa shape index (κ2) is 7.22. The Kier molecular flexibility index (Phi) is 4.41. The van der Waals surface area contributed by atoms with Crippen LogP contribution in [0, 0.1) is 0 Å². The monoisotopic (exact) mass is 398 g/mol. The van der Waals surface area contributed by atoms with Gasteiger partial charge < -0.3 is 9.55 Å². The number of H-pyrrole nitrogens is 1. The highest BCUT2D eigenvalue weighted by molar-refractivity contribution is 7.99. The number of aromatic amines is 1. The van der Waals surface area contributed by atoms with Gasteiger partial charge in [0.15, 0.2) is 5.16 Å². The summed E-state index contributed by atoms with van der Waals surface area (Å²) in [5.74, 6) is 0. The molecule has 5 rings (SSSR count). The number of benzene rings is 3. The molecule has 0 spiro atoms. The quantitative estimate of drug-likeness (QED) is 0.446. The van der Waals surface area contributed by atoms with E-state index in [1.807, 2.05) is 85.9 Å². The van der Waals surface area contributed by atoms with Crippen LogP contribution < -0.4 is 5.56 Å². The van der Waals surface area contributed by atoms with Crippen LogP contribution in [0.1, 0.15) is 16.5 Å². The van der Waals surface area contributed by atoms with E-state index in [4.69, 9.17) is 9.97 Å². The highest BCUT2D eigenvalue weighted by atomic mass is 32.2. The summed E-state index contributed by atoms with van der Waals surface area (Å²) in [5.41, 5.74) is 4.81. The van der Waals surface area contributed by atoms with Crippen molar-refractivity contribution in [2.45, 2.75) is 10.4 Å². The molecule has 5 aromatic rings. The number of para-hydroxylation sites is 4. The first-order valence-electron chi connectivity index (χ1n) is 9.33. The molecule has 1 unspecified atom stereocenters. The summed E-state index contributed by atoms with van der Waals surface area (Å²) in [5, 5.41) is 0.564. The van der Waals surface area contributed by atoms with Gasteiger partial charge >= 0.3 is 0 Å². The van der Waals surface area contributed by atoms with E-state index in [2.05, 4.69) is 9.55 Å². The van der Waals surface area contributed by atoms with E-state index in [-0.39, 0.29) is 10.8 Å². The molecule has 0 aliphatic rings. The number of aryl methyl sites for hydroxylation is 1. The third-order valence-electron chi connectivity index (χ3n) is 4.95. The summed E-state index contributed by atoms with van der Waals surface area (Å²) in [6, 6.07) is 25.6. The minimum absolute atomic E-state index is 0.177. The minimum atomic E-state index is -0.278. The number of imidazole rings is 1. The molecule has 2 aromatic heterocycles. The van der Waals surface area contributed by atoms with Gasteiger partial charge in [0.25, 0.3) is 5.56 Å². The molecule has 1 atom stereocenters. The van der Waals surface area contributed by atoms with E-state index >= 15 is 0 Å². The number of nitrogens with one attached hydrogen (secondary N) is 1. The molecule has 6 heteroatoms. The number of nitrogens with zero attached hydrogens (tertiary/aromatic N) is 3. The normalized spacial score (nSPS) is 12.4.